The van der Waals surface area contributed by atoms with Gasteiger partial charge in [0.05, 0.1) is 6.42 Å². The topological polar surface area (TPSA) is 66.8 Å². The standard InChI is InChI=1S/C8H10O4/c9-5-2-1-4-3-6(10)12-8(4)7(5)11/h1-2,4-5,7-9,11H,3H2/t4-,5-,7+,8+/m0/s1. The number of fused-ring (bicyclic) bond motifs is 1. The lowest BCUT2D eigenvalue weighted by Crippen LogP contribution is -2.42. The van der Waals surface area contributed by atoms with E-state index in [9.17, 15) is 15.0 Å². The van der Waals surface area contributed by atoms with E-state index in [1.54, 1.807) is 6.08 Å². The van der Waals surface area contributed by atoms with Crippen molar-refractivity contribution in [2.24, 2.45) is 5.92 Å². The van der Waals surface area contributed by atoms with Gasteiger partial charge in [-0.15, -0.1) is 0 Å². The first-order valence-electron chi connectivity index (χ1n) is 3.92. The van der Waals surface area contributed by atoms with E-state index in [2.05, 4.69) is 0 Å². The predicted molar refractivity (Wildman–Crippen MR) is 39.1 cm³/mol. The number of esters is 1. The van der Waals surface area contributed by atoms with Crippen molar-refractivity contribution < 1.29 is 19.7 Å². The van der Waals surface area contributed by atoms with Crippen molar-refractivity contribution in [3.8, 4) is 0 Å². The van der Waals surface area contributed by atoms with Crippen molar-refractivity contribution in [2.45, 2.75) is 24.7 Å². The molecule has 0 amide bonds. The second-order valence-electron chi connectivity index (χ2n) is 3.19. The molecule has 4 nitrogen and oxygen atoms in total. The lowest BCUT2D eigenvalue weighted by molar-refractivity contribution is -0.148. The van der Waals surface area contributed by atoms with Crippen molar-refractivity contribution >= 4 is 5.97 Å². The Kier molecular flexibility index (Phi) is 1.66. The number of carbonyl (C=O) groups excluding carboxylic acids is 1. The molecule has 1 aliphatic carbocycles. The van der Waals surface area contributed by atoms with Gasteiger partial charge in [-0.3, -0.25) is 4.79 Å². The third kappa shape index (κ3) is 1.04. The molecule has 0 saturated carbocycles. The Morgan fingerprint density at radius 1 is 1.42 bits per heavy atom. The summed E-state index contributed by atoms with van der Waals surface area (Å²) in [4.78, 5) is 10.8. The van der Waals surface area contributed by atoms with Gasteiger partial charge in [0, 0.05) is 5.92 Å². The molecular weight excluding hydrogens is 160 g/mol. The zero-order valence-corrected chi connectivity index (χ0v) is 6.38. The van der Waals surface area contributed by atoms with E-state index in [-0.39, 0.29) is 11.9 Å². The van der Waals surface area contributed by atoms with Crippen LogP contribution in [0.25, 0.3) is 0 Å². The van der Waals surface area contributed by atoms with Gasteiger partial charge in [0.15, 0.2) is 0 Å². The largest absolute Gasteiger partial charge is 0.459 e. The molecule has 2 rings (SSSR count). The van der Waals surface area contributed by atoms with Crippen LogP contribution < -0.4 is 0 Å². The highest BCUT2D eigenvalue weighted by Crippen LogP contribution is 2.30. The number of hydrogen-bond acceptors (Lipinski definition) is 4. The number of ether oxygens (including phenoxy) is 1. The highest BCUT2D eigenvalue weighted by atomic mass is 16.6. The van der Waals surface area contributed by atoms with Crippen molar-refractivity contribution in [2.75, 3.05) is 0 Å². The summed E-state index contributed by atoms with van der Waals surface area (Å²) in [6, 6.07) is 0. The molecular formula is C8H10O4. The molecule has 0 spiro atoms. The summed E-state index contributed by atoms with van der Waals surface area (Å²) in [6.45, 7) is 0. The Morgan fingerprint density at radius 3 is 2.92 bits per heavy atom. The molecule has 0 radical (unpaired) electrons. The van der Waals surface area contributed by atoms with Gasteiger partial charge in [-0.25, -0.2) is 0 Å². The first-order valence-corrected chi connectivity index (χ1v) is 3.92. The maximum absolute atomic E-state index is 10.8. The van der Waals surface area contributed by atoms with Crippen LogP contribution >= 0.6 is 0 Å². The molecule has 1 aliphatic heterocycles. The molecule has 1 fully saturated rings. The molecule has 0 unspecified atom stereocenters. The Morgan fingerprint density at radius 2 is 2.17 bits per heavy atom. The summed E-state index contributed by atoms with van der Waals surface area (Å²) in [5.74, 6) is -0.362. The molecule has 2 N–H and O–H groups in total. The number of hydrogen-bond donors (Lipinski definition) is 2. The summed E-state index contributed by atoms with van der Waals surface area (Å²) < 4.78 is 4.85. The van der Waals surface area contributed by atoms with E-state index in [1.807, 2.05) is 0 Å². The van der Waals surface area contributed by atoms with Gasteiger partial charge < -0.3 is 14.9 Å². The lowest BCUT2D eigenvalue weighted by Gasteiger charge is -2.27. The SMILES string of the molecule is O=C1C[C@@H]2C=C[C@H](O)[C@@H](O)[C@@H]2O1. The van der Waals surface area contributed by atoms with Crippen LogP contribution in [0.15, 0.2) is 12.2 Å². The maximum atomic E-state index is 10.8. The zero-order chi connectivity index (χ0) is 8.72. The molecule has 1 saturated heterocycles. The molecule has 66 valence electrons. The van der Waals surface area contributed by atoms with Crippen molar-refractivity contribution in [3.05, 3.63) is 12.2 Å². The van der Waals surface area contributed by atoms with Crippen LogP contribution in [0.1, 0.15) is 6.42 Å². The smallest absolute Gasteiger partial charge is 0.306 e. The fraction of sp³-hybridized carbons (Fsp3) is 0.625. The molecule has 0 aromatic heterocycles. The molecule has 12 heavy (non-hydrogen) atoms. The molecule has 1 heterocycles. The van der Waals surface area contributed by atoms with E-state index in [0.29, 0.717) is 6.42 Å². The highest BCUT2D eigenvalue weighted by molar-refractivity contribution is 5.72. The summed E-state index contributed by atoms with van der Waals surface area (Å²) in [7, 11) is 0. The van der Waals surface area contributed by atoms with E-state index in [1.165, 1.54) is 6.08 Å². The monoisotopic (exact) mass is 170 g/mol. The molecule has 0 bridgehead atoms. The van der Waals surface area contributed by atoms with Gasteiger partial charge in [0.2, 0.25) is 0 Å². The second-order valence-corrected chi connectivity index (χ2v) is 3.19. The molecule has 4 atom stereocenters. The van der Waals surface area contributed by atoms with Crippen LogP contribution in [0.4, 0.5) is 0 Å². The number of carbonyl (C=O) groups is 1. The number of rotatable bonds is 0. The molecule has 0 aromatic carbocycles. The van der Waals surface area contributed by atoms with E-state index < -0.39 is 18.3 Å². The van der Waals surface area contributed by atoms with Crippen molar-refractivity contribution in [3.63, 3.8) is 0 Å². The normalized spacial score (nSPS) is 45.7. The number of aliphatic hydroxyl groups excluding tert-OH is 2. The van der Waals surface area contributed by atoms with Gasteiger partial charge in [-0.1, -0.05) is 12.2 Å². The predicted octanol–water partition coefficient (Wildman–Crippen LogP) is -0.790. The first-order chi connectivity index (χ1) is 5.68. The minimum absolute atomic E-state index is 0.0594. The maximum Gasteiger partial charge on any atom is 0.306 e. The third-order valence-electron chi connectivity index (χ3n) is 2.33. The second kappa shape index (κ2) is 2.57. The Bertz CT molecular complexity index is 235. The minimum Gasteiger partial charge on any atom is -0.459 e. The van der Waals surface area contributed by atoms with E-state index in [0.717, 1.165) is 0 Å². The fourth-order valence-corrected chi connectivity index (χ4v) is 1.66. The molecule has 4 heteroatoms. The van der Waals surface area contributed by atoms with E-state index in [4.69, 9.17) is 4.74 Å². The van der Waals surface area contributed by atoms with Crippen LogP contribution in [0.2, 0.25) is 0 Å². The van der Waals surface area contributed by atoms with Crippen LogP contribution in [0.3, 0.4) is 0 Å². The van der Waals surface area contributed by atoms with Gasteiger partial charge in [-0.05, 0) is 0 Å². The van der Waals surface area contributed by atoms with Crippen LogP contribution in [-0.2, 0) is 9.53 Å². The van der Waals surface area contributed by atoms with Crippen LogP contribution in [-0.4, -0.2) is 34.5 Å². The van der Waals surface area contributed by atoms with Crippen LogP contribution in [0.5, 0.6) is 0 Å². The quantitative estimate of drug-likeness (QED) is 0.369. The summed E-state index contributed by atoms with van der Waals surface area (Å²) in [6.07, 6.45) is 1.13. The summed E-state index contributed by atoms with van der Waals surface area (Å²) >= 11 is 0. The van der Waals surface area contributed by atoms with Gasteiger partial charge in [-0.2, -0.15) is 0 Å². The number of aliphatic hydroxyl groups is 2. The van der Waals surface area contributed by atoms with E-state index >= 15 is 0 Å². The summed E-state index contributed by atoms with van der Waals surface area (Å²) in [5.41, 5.74) is 0. The van der Waals surface area contributed by atoms with Crippen LogP contribution in [0, 0.1) is 5.92 Å². The first kappa shape index (κ1) is 7.76. The van der Waals surface area contributed by atoms with Gasteiger partial charge >= 0.3 is 5.97 Å². The lowest BCUT2D eigenvalue weighted by atomic mass is 9.88. The average Bonchev–Trinajstić information content (AvgIpc) is 2.39. The Labute approximate surface area is 69.5 Å². The average molecular weight is 170 g/mol. The zero-order valence-electron chi connectivity index (χ0n) is 6.38. The molecule has 0 aromatic rings. The highest BCUT2D eigenvalue weighted by Gasteiger charge is 2.42. The van der Waals surface area contributed by atoms with Crippen molar-refractivity contribution in [1.82, 2.24) is 0 Å². The third-order valence-corrected chi connectivity index (χ3v) is 2.33. The molecule has 2 aliphatic rings. The van der Waals surface area contributed by atoms with Crippen molar-refractivity contribution in [1.29, 1.82) is 0 Å². The Hall–Kier alpha value is -0.870. The van der Waals surface area contributed by atoms with Gasteiger partial charge in [0.25, 0.3) is 0 Å². The van der Waals surface area contributed by atoms with Gasteiger partial charge in [0.1, 0.15) is 18.3 Å². The summed E-state index contributed by atoms with van der Waals surface area (Å²) in [5, 5.41) is 18.6. The minimum atomic E-state index is -0.966. The fourth-order valence-electron chi connectivity index (χ4n) is 1.66. The Balaban J connectivity index is 2.21.